The lowest BCUT2D eigenvalue weighted by atomic mass is 10.1. The lowest BCUT2D eigenvalue weighted by Gasteiger charge is -2.14. The van der Waals surface area contributed by atoms with Gasteiger partial charge in [-0.05, 0) is 68.7 Å². The summed E-state index contributed by atoms with van der Waals surface area (Å²) in [6, 6.07) is 10.3. The summed E-state index contributed by atoms with van der Waals surface area (Å²) in [5, 5.41) is 5.31. The molecule has 0 radical (unpaired) electrons. The van der Waals surface area contributed by atoms with Gasteiger partial charge in [0.15, 0.2) is 0 Å². The van der Waals surface area contributed by atoms with E-state index in [1.54, 1.807) is 19.1 Å². The van der Waals surface area contributed by atoms with Crippen molar-refractivity contribution < 1.29 is 18.0 Å². The van der Waals surface area contributed by atoms with E-state index in [1.165, 1.54) is 24.3 Å². The van der Waals surface area contributed by atoms with Crippen molar-refractivity contribution in [2.24, 2.45) is 0 Å². The smallest absolute Gasteiger partial charge is 0.261 e. The van der Waals surface area contributed by atoms with Gasteiger partial charge >= 0.3 is 0 Å². The first-order valence-electron chi connectivity index (χ1n) is 9.43. The summed E-state index contributed by atoms with van der Waals surface area (Å²) in [5.74, 6) is -0.715. The van der Waals surface area contributed by atoms with E-state index in [4.69, 9.17) is 0 Å². The molecule has 7 nitrogen and oxygen atoms in total. The Bertz CT molecular complexity index is 985. The van der Waals surface area contributed by atoms with Crippen LogP contribution in [0, 0.1) is 13.8 Å². The molecule has 2 aromatic carbocycles. The van der Waals surface area contributed by atoms with Gasteiger partial charge < -0.3 is 10.6 Å². The average molecular weight is 418 g/mol. The normalized spacial score (nSPS) is 12.1. The van der Waals surface area contributed by atoms with Crippen molar-refractivity contribution in [2.45, 2.75) is 45.1 Å². The molecule has 0 fully saturated rings. The number of carbonyl (C=O) groups is 2. The summed E-state index contributed by atoms with van der Waals surface area (Å²) in [7, 11) is -3.79. The van der Waals surface area contributed by atoms with E-state index in [1.807, 2.05) is 26.8 Å². The molecule has 0 aliphatic heterocycles. The second-order valence-corrected chi connectivity index (χ2v) is 8.55. The zero-order chi connectivity index (χ0) is 21.6. The molecule has 0 saturated carbocycles. The molecule has 0 aliphatic carbocycles. The van der Waals surface area contributed by atoms with Crippen molar-refractivity contribution in [1.82, 2.24) is 10.6 Å². The molecule has 2 aromatic rings. The first-order chi connectivity index (χ1) is 13.7. The van der Waals surface area contributed by atoms with E-state index < -0.39 is 22.0 Å². The van der Waals surface area contributed by atoms with Crippen LogP contribution in [-0.4, -0.2) is 32.8 Å². The molecule has 156 valence electrons. The van der Waals surface area contributed by atoms with Crippen molar-refractivity contribution in [3.05, 3.63) is 59.2 Å². The summed E-state index contributed by atoms with van der Waals surface area (Å²) < 4.78 is 27.9. The van der Waals surface area contributed by atoms with E-state index in [-0.39, 0.29) is 16.4 Å². The predicted octanol–water partition coefficient (Wildman–Crippen LogP) is 2.75. The quantitative estimate of drug-likeness (QED) is 0.614. The van der Waals surface area contributed by atoms with Gasteiger partial charge in [-0.25, -0.2) is 8.42 Å². The van der Waals surface area contributed by atoms with Gasteiger partial charge in [0.1, 0.15) is 6.04 Å². The van der Waals surface area contributed by atoms with E-state index in [2.05, 4.69) is 15.4 Å². The van der Waals surface area contributed by atoms with Gasteiger partial charge in [-0.3, -0.25) is 14.3 Å². The maximum absolute atomic E-state index is 12.6. The molecule has 0 heterocycles. The third kappa shape index (κ3) is 5.80. The van der Waals surface area contributed by atoms with E-state index in [0.717, 1.165) is 17.5 Å². The van der Waals surface area contributed by atoms with Crippen LogP contribution in [0.3, 0.4) is 0 Å². The molecule has 2 amide bonds. The number of rotatable bonds is 8. The molecule has 29 heavy (non-hydrogen) atoms. The van der Waals surface area contributed by atoms with Crippen LogP contribution in [0.25, 0.3) is 0 Å². The highest BCUT2D eigenvalue weighted by atomic mass is 32.2. The first kappa shape index (κ1) is 22.4. The Morgan fingerprint density at radius 2 is 1.69 bits per heavy atom. The Morgan fingerprint density at radius 3 is 2.31 bits per heavy atom. The summed E-state index contributed by atoms with van der Waals surface area (Å²) in [6.07, 6.45) is 0.804. The minimum Gasteiger partial charge on any atom is -0.354 e. The zero-order valence-corrected chi connectivity index (χ0v) is 17.9. The third-order valence-electron chi connectivity index (χ3n) is 4.57. The molecule has 3 N–H and O–H groups in total. The van der Waals surface area contributed by atoms with Gasteiger partial charge in [-0.2, -0.15) is 0 Å². The molecular weight excluding hydrogens is 390 g/mol. The Labute approximate surface area is 172 Å². The second kappa shape index (κ2) is 9.56. The summed E-state index contributed by atoms with van der Waals surface area (Å²) in [5.41, 5.74) is 2.61. The van der Waals surface area contributed by atoms with Crippen LogP contribution < -0.4 is 15.4 Å². The minimum atomic E-state index is -3.79. The largest absolute Gasteiger partial charge is 0.354 e. The van der Waals surface area contributed by atoms with Gasteiger partial charge in [0, 0.05) is 12.1 Å². The second-order valence-electron chi connectivity index (χ2n) is 6.86. The van der Waals surface area contributed by atoms with Crippen LogP contribution >= 0.6 is 0 Å². The van der Waals surface area contributed by atoms with Gasteiger partial charge in [0.2, 0.25) is 5.91 Å². The SMILES string of the molecule is CCCNC(=O)[C@H](C)NC(=O)c1ccc(S(=O)(=O)Nc2cccc(C)c2C)cc1. The monoisotopic (exact) mass is 417 g/mol. The van der Waals surface area contributed by atoms with Crippen molar-refractivity contribution in [1.29, 1.82) is 0 Å². The number of sulfonamides is 1. The van der Waals surface area contributed by atoms with Crippen LogP contribution in [0.5, 0.6) is 0 Å². The highest BCUT2D eigenvalue weighted by Crippen LogP contribution is 2.22. The van der Waals surface area contributed by atoms with Gasteiger partial charge in [0.25, 0.3) is 15.9 Å². The first-order valence-corrected chi connectivity index (χ1v) is 10.9. The van der Waals surface area contributed by atoms with Crippen molar-refractivity contribution in [2.75, 3.05) is 11.3 Å². The fraction of sp³-hybridized carbons (Fsp3) is 0.333. The van der Waals surface area contributed by atoms with Crippen molar-refractivity contribution >= 4 is 27.5 Å². The van der Waals surface area contributed by atoms with Crippen LogP contribution in [0.1, 0.15) is 41.8 Å². The molecule has 0 bridgehead atoms. The summed E-state index contributed by atoms with van der Waals surface area (Å²) in [6.45, 7) is 7.82. The number of nitrogens with one attached hydrogen (secondary N) is 3. The number of hydrogen-bond donors (Lipinski definition) is 3. The number of aryl methyl sites for hydroxylation is 1. The van der Waals surface area contributed by atoms with E-state index in [9.17, 15) is 18.0 Å². The Kier molecular flexibility index (Phi) is 7.39. The van der Waals surface area contributed by atoms with Crippen LogP contribution in [0.15, 0.2) is 47.4 Å². The molecule has 0 aliphatic rings. The highest BCUT2D eigenvalue weighted by molar-refractivity contribution is 7.92. The Balaban J connectivity index is 2.09. The van der Waals surface area contributed by atoms with Crippen molar-refractivity contribution in [3.63, 3.8) is 0 Å². The minimum absolute atomic E-state index is 0.0451. The van der Waals surface area contributed by atoms with Gasteiger partial charge in [-0.15, -0.1) is 0 Å². The molecule has 0 aromatic heterocycles. The number of hydrogen-bond acceptors (Lipinski definition) is 4. The maximum atomic E-state index is 12.6. The van der Waals surface area contributed by atoms with E-state index >= 15 is 0 Å². The van der Waals surface area contributed by atoms with Crippen LogP contribution in [0.4, 0.5) is 5.69 Å². The predicted molar refractivity (Wildman–Crippen MR) is 113 cm³/mol. The zero-order valence-electron chi connectivity index (χ0n) is 17.1. The summed E-state index contributed by atoms with van der Waals surface area (Å²) in [4.78, 5) is 24.2. The molecule has 0 spiro atoms. The van der Waals surface area contributed by atoms with Gasteiger partial charge in [-0.1, -0.05) is 19.1 Å². The van der Waals surface area contributed by atoms with Crippen LogP contribution in [0.2, 0.25) is 0 Å². The maximum Gasteiger partial charge on any atom is 0.261 e. The number of carbonyl (C=O) groups excluding carboxylic acids is 2. The fourth-order valence-corrected chi connectivity index (χ4v) is 3.72. The lowest BCUT2D eigenvalue weighted by molar-refractivity contribution is -0.122. The molecule has 2 rings (SSSR count). The lowest BCUT2D eigenvalue weighted by Crippen LogP contribution is -2.45. The fourth-order valence-electron chi connectivity index (χ4n) is 2.60. The molecule has 8 heteroatoms. The summed E-state index contributed by atoms with van der Waals surface area (Å²) >= 11 is 0. The molecule has 0 unspecified atom stereocenters. The topological polar surface area (TPSA) is 104 Å². The third-order valence-corrected chi connectivity index (χ3v) is 5.95. The molecular formula is C21H27N3O4S. The van der Waals surface area contributed by atoms with E-state index in [0.29, 0.717) is 12.2 Å². The van der Waals surface area contributed by atoms with Crippen molar-refractivity contribution in [3.8, 4) is 0 Å². The average Bonchev–Trinajstić information content (AvgIpc) is 2.69. The van der Waals surface area contributed by atoms with Gasteiger partial charge in [0.05, 0.1) is 10.6 Å². The van der Waals surface area contributed by atoms with Crippen LogP contribution in [-0.2, 0) is 14.8 Å². The standard InChI is InChI=1S/C21H27N3O4S/c1-5-13-22-20(25)16(4)23-21(26)17-9-11-18(12-10-17)29(27,28)24-19-8-6-7-14(2)15(19)3/h6-12,16,24H,5,13H2,1-4H3,(H,22,25)(H,23,26)/t16-/m0/s1. The number of anilines is 1. The number of benzene rings is 2. The molecule has 1 atom stereocenters. The molecule has 0 saturated heterocycles. The number of amides is 2. The Morgan fingerprint density at radius 1 is 1.03 bits per heavy atom. The Hall–Kier alpha value is -2.87. The highest BCUT2D eigenvalue weighted by Gasteiger charge is 2.19.